The van der Waals surface area contributed by atoms with E-state index < -0.39 is 0 Å². The first-order valence-corrected chi connectivity index (χ1v) is 5.44. The molecule has 0 aliphatic rings. The van der Waals surface area contributed by atoms with Crippen molar-refractivity contribution < 1.29 is 0 Å². The van der Waals surface area contributed by atoms with E-state index >= 15 is 0 Å². The summed E-state index contributed by atoms with van der Waals surface area (Å²) in [5.74, 6) is 0.827. The molecule has 0 amide bonds. The molecule has 0 bridgehead atoms. The Balaban J connectivity index is 2.51. The van der Waals surface area contributed by atoms with E-state index in [0.717, 1.165) is 11.5 Å². The van der Waals surface area contributed by atoms with Gasteiger partial charge in [0.05, 0.1) is 18.4 Å². The first-order chi connectivity index (χ1) is 7.61. The van der Waals surface area contributed by atoms with Crippen molar-refractivity contribution in [3.63, 3.8) is 0 Å². The van der Waals surface area contributed by atoms with Crippen LogP contribution in [0.15, 0.2) is 18.3 Å². The van der Waals surface area contributed by atoms with Crippen molar-refractivity contribution in [2.75, 3.05) is 0 Å². The minimum atomic E-state index is 0.448. The topological polar surface area (TPSA) is 54.7 Å². The minimum Gasteiger partial charge on any atom is -0.341 e. The molecular weight excluding hydrogens is 198 g/mol. The third kappa shape index (κ3) is 1.86. The molecule has 3 heteroatoms. The Kier molecular flexibility index (Phi) is 2.79. The standard InChI is InChI=1S/C13H17N3/c1-8-4-10(3)11(5-9(8)2)12-7-15-13(6-14)16-12/h4-5,7H,6,14H2,1-3H3,(H,15,16). The molecule has 0 aliphatic heterocycles. The second-order valence-electron chi connectivity index (χ2n) is 4.20. The number of aromatic nitrogens is 2. The van der Waals surface area contributed by atoms with Gasteiger partial charge in [0, 0.05) is 5.56 Å². The lowest BCUT2D eigenvalue weighted by Crippen LogP contribution is -1.98. The largest absolute Gasteiger partial charge is 0.341 e. The van der Waals surface area contributed by atoms with Gasteiger partial charge >= 0.3 is 0 Å². The van der Waals surface area contributed by atoms with Crippen LogP contribution in [0.5, 0.6) is 0 Å². The Morgan fingerprint density at radius 2 is 1.81 bits per heavy atom. The molecule has 0 fully saturated rings. The van der Waals surface area contributed by atoms with Gasteiger partial charge in [0.25, 0.3) is 0 Å². The fourth-order valence-electron chi connectivity index (χ4n) is 1.85. The van der Waals surface area contributed by atoms with Gasteiger partial charge in [-0.05, 0) is 43.5 Å². The van der Waals surface area contributed by atoms with E-state index in [2.05, 4.69) is 42.9 Å². The van der Waals surface area contributed by atoms with Gasteiger partial charge in [-0.1, -0.05) is 6.07 Å². The number of H-pyrrole nitrogens is 1. The Hall–Kier alpha value is -1.61. The Morgan fingerprint density at radius 3 is 2.44 bits per heavy atom. The van der Waals surface area contributed by atoms with Crippen LogP contribution in [0.3, 0.4) is 0 Å². The van der Waals surface area contributed by atoms with Crippen molar-refractivity contribution in [3.05, 3.63) is 40.8 Å². The molecule has 0 atom stereocenters. The van der Waals surface area contributed by atoms with E-state index in [1.54, 1.807) is 0 Å². The Labute approximate surface area is 95.7 Å². The predicted molar refractivity (Wildman–Crippen MR) is 66.1 cm³/mol. The lowest BCUT2D eigenvalue weighted by Gasteiger charge is -2.07. The molecule has 1 aromatic heterocycles. The maximum Gasteiger partial charge on any atom is 0.120 e. The zero-order valence-corrected chi connectivity index (χ0v) is 9.96. The van der Waals surface area contributed by atoms with E-state index in [1.807, 2.05) is 6.20 Å². The van der Waals surface area contributed by atoms with Crippen molar-refractivity contribution >= 4 is 0 Å². The van der Waals surface area contributed by atoms with Gasteiger partial charge in [0.15, 0.2) is 0 Å². The first kappa shape index (κ1) is 10.9. The third-order valence-electron chi connectivity index (χ3n) is 2.95. The molecule has 84 valence electrons. The monoisotopic (exact) mass is 215 g/mol. The molecule has 0 unspecified atom stereocenters. The van der Waals surface area contributed by atoms with E-state index in [4.69, 9.17) is 5.73 Å². The number of nitrogens with one attached hydrogen (secondary N) is 1. The van der Waals surface area contributed by atoms with Gasteiger partial charge < -0.3 is 10.7 Å². The van der Waals surface area contributed by atoms with Crippen LogP contribution >= 0.6 is 0 Å². The Morgan fingerprint density at radius 1 is 1.12 bits per heavy atom. The van der Waals surface area contributed by atoms with Crippen LogP contribution in [0, 0.1) is 20.8 Å². The lowest BCUT2D eigenvalue weighted by atomic mass is 9.99. The number of hydrogen-bond donors (Lipinski definition) is 2. The molecule has 1 heterocycles. The molecule has 1 aromatic carbocycles. The number of imidazole rings is 1. The van der Waals surface area contributed by atoms with Crippen LogP contribution in [0.2, 0.25) is 0 Å². The number of aromatic amines is 1. The summed E-state index contributed by atoms with van der Waals surface area (Å²) in [6, 6.07) is 4.39. The zero-order chi connectivity index (χ0) is 11.7. The molecule has 2 aromatic rings. The summed E-state index contributed by atoms with van der Waals surface area (Å²) in [5.41, 5.74) is 11.7. The van der Waals surface area contributed by atoms with Gasteiger partial charge in [-0.15, -0.1) is 0 Å². The van der Waals surface area contributed by atoms with Gasteiger partial charge in [0.2, 0.25) is 0 Å². The molecule has 2 rings (SSSR count). The lowest BCUT2D eigenvalue weighted by molar-refractivity contribution is 0.950. The summed E-state index contributed by atoms with van der Waals surface area (Å²) < 4.78 is 0. The fourth-order valence-corrected chi connectivity index (χ4v) is 1.85. The SMILES string of the molecule is Cc1cc(C)c(-c2cnc(CN)[nH]2)cc1C. The van der Waals surface area contributed by atoms with Crippen molar-refractivity contribution in [1.82, 2.24) is 9.97 Å². The number of aryl methyl sites for hydroxylation is 3. The molecule has 0 spiro atoms. The van der Waals surface area contributed by atoms with Gasteiger partial charge in [-0.3, -0.25) is 0 Å². The number of rotatable bonds is 2. The van der Waals surface area contributed by atoms with Gasteiger partial charge in [-0.2, -0.15) is 0 Å². The minimum absolute atomic E-state index is 0.448. The summed E-state index contributed by atoms with van der Waals surface area (Å²) in [4.78, 5) is 7.45. The van der Waals surface area contributed by atoms with Crippen molar-refractivity contribution in [2.24, 2.45) is 5.73 Å². The number of hydrogen-bond acceptors (Lipinski definition) is 2. The van der Waals surface area contributed by atoms with E-state index in [1.165, 1.54) is 22.3 Å². The number of nitrogens with zero attached hydrogens (tertiary/aromatic N) is 1. The third-order valence-corrected chi connectivity index (χ3v) is 2.95. The molecule has 0 aliphatic carbocycles. The second kappa shape index (κ2) is 4.10. The maximum atomic E-state index is 5.54. The normalized spacial score (nSPS) is 10.8. The quantitative estimate of drug-likeness (QED) is 0.808. The fraction of sp³-hybridized carbons (Fsp3) is 0.308. The average Bonchev–Trinajstić information content (AvgIpc) is 2.71. The van der Waals surface area contributed by atoms with Crippen LogP contribution in [0.1, 0.15) is 22.5 Å². The van der Waals surface area contributed by atoms with Gasteiger partial charge in [0.1, 0.15) is 5.82 Å². The summed E-state index contributed by atoms with van der Waals surface area (Å²) in [6.45, 7) is 6.82. The van der Waals surface area contributed by atoms with Crippen molar-refractivity contribution in [1.29, 1.82) is 0 Å². The van der Waals surface area contributed by atoms with Crippen LogP contribution in [0.25, 0.3) is 11.3 Å². The number of nitrogens with two attached hydrogens (primary N) is 1. The Bertz CT molecular complexity index is 512. The highest BCUT2D eigenvalue weighted by Crippen LogP contribution is 2.24. The first-order valence-electron chi connectivity index (χ1n) is 5.44. The highest BCUT2D eigenvalue weighted by Gasteiger charge is 2.07. The van der Waals surface area contributed by atoms with Crippen LogP contribution < -0.4 is 5.73 Å². The van der Waals surface area contributed by atoms with Crippen LogP contribution in [-0.4, -0.2) is 9.97 Å². The number of benzene rings is 1. The van der Waals surface area contributed by atoms with Crippen LogP contribution in [0.4, 0.5) is 0 Å². The van der Waals surface area contributed by atoms with Crippen molar-refractivity contribution in [2.45, 2.75) is 27.3 Å². The zero-order valence-electron chi connectivity index (χ0n) is 9.96. The summed E-state index contributed by atoms with van der Waals surface area (Å²) in [6.07, 6.45) is 1.85. The molecule has 0 saturated heterocycles. The predicted octanol–water partition coefficient (Wildman–Crippen LogP) is 2.46. The van der Waals surface area contributed by atoms with E-state index in [9.17, 15) is 0 Å². The van der Waals surface area contributed by atoms with Gasteiger partial charge in [-0.25, -0.2) is 4.98 Å². The molecule has 16 heavy (non-hydrogen) atoms. The molecule has 0 radical (unpaired) electrons. The summed E-state index contributed by atoms with van der Waals surface area (Å²) in [5, 5.41) is 0. The van der Waals surface area contributed by atoms with Crippen LogP contribution in [-0.2, 0) is 6.54 Å². The summed E-state index contributed by atoms with van der Waals surface area (Å²) in [7, 11) is 0. The van der Waals surface area contributed by atoms with Crippen molar-refractivity contribution in [3.8, 4) is 11.3 Å². The maximum absolute atomic E-state index is 5.54. The highest BCUT2D eigenvalue weighted by atomic mass is 14.9. The molecule has 3 nitrogen and oxygen atoms in total. The molecule has 0 saturated carbocycles. The highest BCUT2D eigenvalue weighted by molar-refractivity contribution is 5.64. The van der Waals surface area contributed by atoms with E-state index in [-0.39, 0.29) is 0 Å². The summed E-state index contributed by atoms with van der Waals surface area (Å²) >= 11 is 0. The molecule has 3 N–H and O–H groups in total. The van der Waals surface area contributed by atoms with E-state index in [0.29, 0.717) is 6.54 Å². The average molecular weight is 215 g/mol. The molecular formula is C13H17N3. The smallest absolute Gasteiger partial charge is 0.120 e. The second-order valence-corrected chi connectivity index (χ2v) is 4.20.